The van der Waals surface area contributed by atoms with Crippen molar-refractivity contribution < 1.29 is 4.79 Å². The highest BCUT2D eigenvalue weighted by molar-refractivity contribution is 5.81. The van der Waals surface area contributed by atoms with Crippen molar-refractivity contribution in [1.82, 2.24) is 15.3 Å². The Bertz CT molecular complexity index is 425. The molecule has 1 aromatic heterocycles. The molecule has 1 aliphatic heterocycles. The zero-order valence-electron chi connectivity index (χ0n) is 7.97. The highest BCUT2D eigenvalue weighted by Crippen LogP contribution is 2.07. The van der Waals surface area contributed by atoms with Gasteiger partial charge in [-0.15, -0.1) is 0 Å². The average Bonchev–Trinajstić information content (AvgIpc) is 2.29. The average molecular weight is 203 g/mol. The van der Waals surface area contributed by atoms with E-state index in [1.807, 2.05) is 6.07 Å². The summed E-state index contributed by atoms with van der Waals surface area (Å²) >= 11 is 0. The van der Waals surface area contributed by atoms with E-state index in [-0.39, 0.29) is 12.5 Å². The molecular weight excluding hydrogens is 194 g/mol. The highest BCUT2D eigenvalue weighted by Gasteiger charge is 2.18. The van der Waals surface area contributed by atoms with Gasteiger partial charge < -0.3 is 10.2 Å². The molecule has 6 nitrogen and oxygen atoms in total. The first kappa shape index (κ1) is 9.40. The molecule has 0 aromatic carbocycles. The van der Waals surface area contributed by atoms with E-state index >= 15 is 0 Å². The third-order valence-corrected chi connectivity index (χ3v) is 2.08. The maximum atomic E-state index is 11.1. The molecule has 1 amide bonds. The van der Waals surface area contributed by atoms with Crippen molar-refractivity contribution in [2.24, 2.45) is 0 Å². The number of anilines is 1. The van der Waals surface area contributed by atoms with Crippen LogP contribution in [0.3, 0.4) is 0 Å². The van der Waals surface area contributed by atoms with E-state index in [9.17, 15) is 4.79 Å². The standard InChI is InChI=1S/C9H9N5O/c10-5-7-1-2-12-9(13-7)14-4-3-11-8(15)6-14/h1-2H,3-4,6H2,(H,11,15). The normalized spacial score (nSPS) is 15.7. The van der Waals surface area contributed by atoms with Crippen molar-refractivity contribution in [2.75, 3.05) is 24.5 Å². The van der Waals surface area contributed by atoms with Crippen LogP contribution in [0.5, 0.6) is 0 Å². The zero-order chi connectivity index (χ0) is 10.7. The first-order valence-corrected chi connectivity index (χ1v) is 4.54. The maximum absolute atomic E-state index is 11.1. The van der Waals surface area contributed by atoms with E-state index in [0.29, 0.717) is 24.7 Å². The van der Waals surface area contributed by atoms with Crippen LogP contribution < -0.4 is 10.2 Å². The van der Waals surface area contributed by atoms with Gasteiger partial charge in [0.2, 0.25) is 11.9 Å². The molecule has 0 radical (unpaired) electrons. The van der Waals surface area contributed by atoms with E-state index < -0.39 is 0 Å². The van der Waals surface area contributed by atoms with Gasteiger partial charge in [0.25, 0.3) is 0 Å². The molecule has 2 heterocycles. The van der Waals surface area contributed by atoms with Gasteiger partial charge in [-0.05, 0) is 6.07 Å². The lowest BCUT2D eigenvalue weighted by molar-refractivity contribution is -0.120. The molecule has 1 aliphatic rings. The van der Waals surface area contributed by atoms with Gasteiger partial charge >= 0.3 is 0 Å². The van der Waals surface area contributed by atoms with Crippen LogP contribution in [0.4, 0.5) is 5.95 Å². The van der Waals surface area contributed by atoms with Gasteiger partial charge in [0.05, 0.1) is 6.54 Å². The topological polar surface area (TPSA) is 81.9 Å². The molecule has 0 spiro atoms. The predicted molar refractivity (Wildman–Crippen MR) is 52.0 cm³/mol. The van der Waals surface area contributed by atoms with Crippen molar-refractivity contribution in [1.29, 1.82) is 5.26 Å². The molecule has 0 atom stereocenters. The summed E-state index contributed by atoms with van der Waals surface area (Å²) in [5.41, 5.74) is 0.311. The molecule has 76 valence electrons. The monoisotopic (exact) mass is 203 g/mol. The Balaban J connectivity index is 2.21. The third kappa shape index (κ3) is 2.02. The number of aromatic nitrogens is 2. The van der Waals surface area contributed by atoms with Crippen LogP contribution in [-0.4, -0.2) is 35.5 Å². The summed E-state index contributed by atoms with van der Waals surface area (Å²) in [6, 6.07) is 3.47. The lowest BCUT2D eigenvalue weighted by Gasteiger charge is -2.26. The largest absolute Gasteiger partial charge is 0.353 e. The first-order valence-electron chi connectivity index (χ1n) is 4.54. The number of carbonyl (C=O) groups is 1. The minimum absolute atomic E-state index is 0.0489. The van der Waals surface area contributed by atoms with E-state index in [2.05, 4.69) is 15.3 Å². The predicted octanol–water partition coefficient (Wildman–Crippen LogP) is -0.716. The second-order valence-electron chi connectivity index (χ2n) is 3.13. The van der Waals surface area contributed by atoms with Crippen molar-refractivity contribution in [3.05, 3.63) is 18.0 Å². The Morgan fingerprint density at radius 3 is 3.20 bits per heavy atom. The number of nitriles is 1. The second kappa shape index (κ2) is 3.92. The number of piperazine rings is 1. The Morgan fingerprint density at radius 2 is 2.47 bits per heavy atom. The lowest BCUT2D eigenvalue weighted by Crippen LogP contribution is -2.48. The number of nitrogens with one attached hydrogen (secondary N) is 1. The number of nitrogens with zero attached hydrogens (tertiary/aromatic N) is 4. The van der Waals surface area contributed by atoms with Crippen molar-refractivity contribution in [2.45, 2.75) is 0 Å². The summed E-state index contributed by atoms with van der Waals surface area (Å²) < 4.78 is 0. The number of rotatable bonds is 1. The molecule has 0 aliphatic carbocycles. The minimum Gasteiger partial charge on any atom is -0.353 e. The van der Waals surface area contributed by atoms with Crippen LogP contribution in [0, 0.1) is 11.3 Å². The lowest BCUT2D eigenvalue weighted by atomic mass is 10.3. The van der Waals surface area contributed by atoms with Gasteiger partial charge in [-0.25, -0.2) is 9.97 Å². The first-order chi connectivity index (χ1) is 7.29. The van der Waals surface area contributed by atoms with E-state index in [1.165, 1.54) is 12.3 Å². The van der Waals surface area contributed by atoms with Crippen LogP contribution in [0.15, 0.2) is 12.3 Å². The van der Waals surface area contributed by atoms with Crippen molar-refractivity contribution in [3.8, 4) is 6.07 Å². The molecule has 0 bridgehead atoms. The molecule has 0 saturated carbocycles. The summed E-state index contributed by atoms with van der Waals surface area (Å²) in [5.74, 6) is 0.385. The van der Waals surface area contributed by atoms with Crippen LogP contribution in [0.2, 0.25) is 0 Å². The Morgan fingerprint density at radius 1 is 1.60 bits per heavy atom. The molecule has 15 heavy (non-hydrogen) atoms. The van der Waals surface area contributed by atoms with Gasteiger partial charge in [0, 0.05) is 19.3 Å². The smallest absolute Gasteiger partial charge is 0.239 e. The molecular formula is C9H9N5O. The number of carbonyl (C=O) groups excluding carboxylic acids is 1. The summed E-state index contributed by atoms with van der Waals surface area (Å²) in [6.45, 7) is 1.49. The number of hydrogen-bond acceptors (Lipinski definition) is 5. The Hall–Kier alpha value is -2.16. The summed E-state index contributed by atoms with van der Waals surface area (Å²) in [4.78, 5) is 20.9. The quantitative estimate of drug-likeness (QED) is 0.651. The Kier molecular flexibility index (Phi) is 2.46. The second-order valence-corrected chi connectivity index (χ2v) is 3.13. The third-order valence-electron chi connectivity index (χ3n) is 2.08. The van der Waals surface area contributed by atoms with Crippen molar-refractivity contribution >= 4 is 11.9 Å². The van der Waals surface area contributed by atoms with Crippen molar-refractivity contribution in [3.63, 3.8) is 0 Å². The molecule has 1 fully saturated rings. The molecule has 0 unspecified atom stereocenters. The SMILES string of the molecule is N#Cc1ccnc(N2CCNC(=O)C2)n1. The maximum Gasteiger partial charge on any atom is 0.239 e. The van der Waals surface area contributed by atoms with Crippen LogP contribution in [-0.2, 0) is 4.79 Å². The van der Waals surface area contributed by atoms with E-state index in [4.69, 9.17) is 5.26 Å². The molecule has 2 rings (SSSR count). The number of hydrogen-bond donors (Lipinski definition) is 1. The fourth-order valence-corrected chi connectivity index (χ4v) is 1.37. The van der Waals surface area contributed by atoms with Crippen LogP contribution in [0.25, 0.3) is 0 Å². The van der Waals surface area contributed by atoms with Gasteiger partial charge in [-0.1, -0.05) is 0 Å². The fraction of sp³-hybridized carbons (Fsp3) is 0.333. The minimum atomic E-state index is -0.0489. The molecule has 6 heteroatoms. The van der Waals surface area contributed by atoms with Gasteiger partial charge in [0.15, 0.2) is 0 Å². The van der Waals surface area contributed by atoms with Gasteiger partial charge in [-0.2, -0.15) is 5.26 Å². The highest BCUT2D eigenvalue weighted by atomic mass is 16.2. The zero-order valence-corrected chi connectivity index (χ0v) is 7.97. The summed E-state index contributed by atoms with van der Waals surface area (Å²) in [6.07, 6.45) is 1.52. The van der Waals surface area contributed by atoms with Crippen LogP contribution >= 0.6 is 0 Å². The van der Waals surface area contributed by atoms with Crippen LogP contribution in [0.1, 0.15) is 5.69 Å². The Labute approximate surface area is 86.6 Å². The van der Waals surface area contributed by atoms with Gasteiger partial charge in [0.1, 0.15) is 11.8 Å². The summed E-state index contributed by atoms with van der Waals surface area (Å²) in [5, 5.41) is 11.4. The van der Waals surface area contributed by atoms with E-state index in [0.717, 1.165) is 0 Å². The molecule has 1 N–H and O–H groups in total. The number of amides is 1. The molecule has 1 aromatic rings. The summed E-state index contributed by atoms with van der Waals surface area (Å²) in [7, 11) is 0. The van der Waals surface area contributed by atoms with E-state index in [1.54, 1.807) is 4.90 Å². The van der Waals surface area contributed by atoms with Gasteiger partial charge in [-0.3, -0.25) is 4.79 Å². The fourth-order valence-electron chi connectivity index (χ4n) is 1.37. The molecule has 1 saturated heterocycles.